The van der Waals surface area contributed by atoms with Crippen LogP contribution in [0.15, 0.2) is 30.6 Å². The summed E-state index contributed by atoms with van der Waals surface area (Å²) in [4.78, 5) is 4.12. The van der Waals surface area contributed by atoms with Gasteiger partial charge in [0.1, 0.15) is 0 Å². The van der Waals surface area contributed by atoms with E-state index >= 15 is 0 Å². The van der Waals surface area contributed by atoms with Gasteiger partial charge in [0.2, 0.25) is 0 Å². The molecule has 0 atom stereocenters. The van der Waals surface area contributed by atoms with Gasteiger partial charge in [0.15, 0.2) is 0 Å². The van der Waals surface area contributed by atoms with Crippen molar-refractivity contribution in [2.24, 2.45) is 0 Å². The number of pyridine rings is 1. The predicted molar refractivity (Wildman–Crippen MR) is 53.9 cm³/mol. The maximum absolute atomic E-state index is 4.12. The lowest BCUT2D eigenvalue weighted by atomic mass is 10.0. The summed E-state index contributed by atoms with van der Waals surface area (Å²) >= 11 is 0. The average molecular weight is 170 g/mol. The molecule has 0 spiro atoms. The molecule has 1 N–H and O–H groups in total. The van der Waals surface area contributed by atoms with E-state index in [1.54, 1.807) is 0 Å². The molecule has 0 fully saturated rings. The molecule has 0 saturated carbocycles. The van der Waals surface area contributed by atoms with Crippen molar-refractivity contribution in [3.8, 4) is 0 Å². The van der Waals surface area contributed by atoms with Crippen molar-refractivity contribution in [2.45, 2.75) is 6.42 Å². The second kappa shape index (κ2) is 2.46. The van der Waals surface area contributed by atoms with Gasteiger partial charge in [0, 0.05) is 30.0 Å². The number of fused-ring (bicyclic) bond motifs is 3. The third-order valence-electron chi connectivity index (χ3n) is 2.62. The van der Waals surface area contributed by atoms with E-state index in [4.69, 9.17) is 0 Å². The van der Waals surface area contributed by atoms with Crippen LogP contribution in [0.1, 0.15) is 5.56 Å². The van der Waals surface area contributed by atoms with E-state index in [-0.39, 0.29) is 0 Å². The van der Waals surface area contributed by atoms with Crippen LogP contribution in [0.4, 0.5) is 5.69 Å². The first kappa shape index (κ1) is 6.89. The Balaban J connectivity index is 2.43. The molecule has 0 amide bonds. The monoisotopic (exact) mass is 170 g/mol. The first-order valence-electron chi connectivity index (χ1n) is 4.54. The van der Waals surface area contributed by atoms with Crippen LogP contribution < -0.4 is 5.32 Å². The highest BCUT2D eigenvalue weighted by Gasteiger charge is 2.12. The number of benzene rings is 1. The molecule has 1 aliphatic rings. The van der Waals surface area contributed by atoms with Crippen LogP contribution in [-0.2, 0) is 6.42 Å². The molecule has 2 aromatic rings. The fourth-order valence-corrected chi connectivity index (χ4v) is 1.99. The summed E-state index contributed by atoms with van der Waals surface area (Å²) in [5.74, 6) is 0. The number of aromatic nitrogens is 1. The van der Waals surface area contributed by atoms with Crippen molar-refractivity contribution in [3.05, 3.63) is 36.2 Å². The summed E-state index contributed by atoms with van der Waals surface area (Å²) in [7, 11) is 0. The second-order valence-corrected chi connectivity index (χ2v) is 3.37. The molecular weight excluding hydrogens is 160 g/mol. The highest BCUT2D eigenvalue weighted by Crippen LogP contribution is 2.29. The molecule has 0 radical (unpaired) electrons. The summed E-state index contributed by atoms with van der Waals surface area (Å²) in [6.45, 7) is 1.07. The van der Waals surface area contributed by atoms with Gasteiger partial charge in [-0.15, -0.1) is 0 Å². The zero-order chi connectivity index (χ0) is 8.67. The molecule has 2 nitrogen and oxygen atoms in total. The maximum atomic E-state index is 4.12. The van der Waals surface area contributed by atoms with Crippen LogP contribution in [0, 0.1) is 0 Å². The molecule has 0 bridgehead atoms. The minimum Gasteiger partial charge on any atom is -0.384 e. The molecule has 2 heteroatoms. The van der Waals surface area contributed by atoms with Gasteiger partial charge >= 0.3 is 0 Å². The Labute approximate surface area is 76.6 Å². The van der Waals surface area contributed by atoms with E-state index in [9.17, 15) is 0 Å². The summed E-state index contributed by atoms with van der Waals surface area (Å²) in [6, 6.07) is 6.37. The molecule has 2 heterocycles. The molecule has 1 aromatic carbocycles. The molecule has 13 heavy (non-hydrogen) atoms. The standard InChI is InChI=1S/C11H10N2/c1-2-11-10(4-6-13-11)9-3-5-12-7-8(1)9/h1-3,5,7,13H,4,6H2. The number of nitrogens with zero attached hydrogens (tertiary/aromatic N) is 1. The highest BCUT2D eigenvalue weighted by atomic mass is 14.9. The number of hydrogen-bond donors (Lipinski definition) is 1. The Kier molecular flexibility index (Phi) is 1.30. The normalized spacial score (nSPS) is 14.2. The molecule has 1 aromatic heterocycles. The van der Waals surface area contributed by atoms with E-state index in [2.05, 4.69) is 28.5 Å². The fourth-order valence-electron chi connectivity index (χ4n) is 1.99. The number of rotatable bonds is 0. The lowest BCUT2D eigenvalue weighted by Crippen LogP contribution is -1.90. The van der Waals surface area contributed by atoms with Crippen molar-refractivity contribution in [2.75, 3.05) is 11.9 Å². The number of anilines is 1. The zero-order valence-electron chi connectivity index (χ0n) is 7.25. The summed E-state index contributed by atoms with van der Waals surface area (Å²) in [5.41, 5.74) is 2.73. The quantitative estimate of drug-likeness (QED) is 0.655. The van der Waals surface area contributed by atoms with Crippen molar-refractivity contribution in [1.29, 1.82) is 0 Å². The molecular formula is C11H10N2. The number of nitrogens with one attached hydrogen (secondary N) is 1. The van der Waals surface area contributed by atoms with Crippen LogP contribution in [0.2, 0.25) is 0 Å². The van der Waals surface area contributed by atoms with Crippen LogP contribution in [-0.4, -0.2) is 11.5 Å². The first-order valence-corrected chi connectivity index (χ1v) is 4.54. The minimum atomic E-state index is 1.07. The second-order valence-electron chi connectivity index (χ2n) is 3.37. The fraction of sp³-hybridized carbons (Fsp3) is 0.182. The van der Waals surface area contributed by atoms with E-state index in [0.717, 1.165) is 13.0 Å². The predicted octanol–water partition coefficient (Wildman–Crippen LogP) is 2.20. The van der Waals surface area contributed by atoms with Crippen molar-refractivity contribution in [1.82, 2.24) is 4.98 Å². The van der Waals surface area contributed by atoms with E-state index in [0.29, 0.717) is 0 Å². The van der Waals surface area contributed by atoms with Crippen LogP contribution in [0.5, 0.6) is 0 Å². The number of hydrogen-bond acceptors (Lipinski definition) is 2. The first-order chi connectivity index (χ1) is 6.45. The van der Waals surface area contributed by atoms with Gasteiger partial charge in [-0.05, 0) is 29.5 Å². The molecule has 1 aliphatic heterocycles. The lowest BCUT2D eigenvalue weighted by Gasteiger charge is -2.03. The van der Waals surface area contributed by atoms with Gasteiger partial charge in [-0.3, -0.25) is 4.98 Å². The lowest BCUT2D eigenvalue weighted by molar-refractivity contribution is 1.11. The highest BCUT2D eigenvalue weighted by molar-refractivity contribution is 5.90. The van der Waals surface area contributed by atoms with E-state index in [1.807, 2.05) is 12.4 Å². The average Bonchev–Trinajstić information content (AvgIpc) is 2.65. The van der Waals surface area contributed by atoms with Gasteiger partial charge in [0.25, 0.3) is 0 Å². The van der Waals surface area contributed by atoms with Gasteiger partial charge in [0.05, 0.1) is 0 Å². The van der Waals surface area contributed by atoms with Gasteiger partial charge in [-0.1, -0.05) is 6.07 Å². The summed E-state index contributed by atoms with van der Waals surface area (Å²) in [6.07, 6.45) is 4.92. The Hall–Kier alpha value is -1.57. The van der Waals surface area contributed by atoms with Crippen LogP contribution in [0.3, 0.4) is 0 Å². The molecule has 0 saturated heterocycles. The molecule has 64 valence electrons. The molecule has 0 aliphatic carbocycles. The van der Waals surface area contributed by atoms with Crippen molar-refractivity contribution < 1.29 is 0 Å². The van der Waals surface area contributed by atoms with Gasteiger partial charge in [-0.25, -0.2) is 0 Å². The van der Waals surface area contributed by atoms with Crippen LogP contribution >= 0.6 is 0 Å². The van der Waals surface area contributed by atoms with Crippen molar-refractivity contribution >= 4 is 16.5 Å². The Morgan fingerprint density at radius 1 is 1.23 bits per heavy atom. The van der Waals surface area contributed by atoms with Gasteiger partial charge in [-0.2, -0.15) is 0 Å². The largest absolute Gasteiger partial charge is 0.384 e. The Bertz CT molecular complexity index is 463. The Morgan fingerprint density at radius 3 is 3.23 bits per heavy atom. The minimum absolute atomic E-state index is 1.07. The third kappa shape index (κ3) is 0.917. The van der Waals surface area contributed by atoms with Crippen molar-refractivity contribution in [3.63, 3.8) is 0 Å². The van der Waals surface area contributed by atoms with Gasteiger partial charge < -0.3 is 5.32 Å². The SMILES string of the molecule is c1cc2c3c(ccc2cn1)NCC3. The summed E-state index contributed by atoms with van der Waals surface area (Å²) in [5, 5.41) is 5.96. The maximum Gasteiger partial charge on any atom is 0.0379 e. The topological polar surface area (TPSA) is 24.9 Å². The molecule has 3 rings (SSSR count). The smallest absolute Gasteiger partial charge is 0.0379 e. The van der Waals surface area contributed by atoms with E-state index < -0.39 is 0 Å². The van der Waals surface area contributed by atoms with E-state index in [1.165, 1.54) is 22.0 Å². The molecule has 0 unspecified atom stereocenters. The summed E-state index contributed by atoms with van der Waals surface area (Å²) < 4.78 is 0. The third-order valence-corrected chi connectivity index (χ3v) is 2.62. The Morgan fingerprint density at radius 2 is 2.23 bits per heavy atom. The zero-order valence-corrected chi connectivity index (χ0v) is 7.25. The van der Waals surface area contributed by atoms with Crippen LogP contribution in [0.25, 0.3) is 10.8 Å².